The minimum Gasteiger partial charge on any atom is -0.276 e. The number of fused-ring (bicyclic) bond motifs is 3. The number of carbonyl (C=O) groups excluding carboxylic acids is 1. The van der Waals surface area contributed by atoms with Crippen molar-refractivity contribution in [3.05, 3.63) is 12.2 Å². The lowest BCUT2D eigenvalue weighted by atomic mass is 9.60. The lowest BCUT2D eigenvalue weighted by Crippen LogP contribution is -2.41. The Bertz CT molecular complexity index is 260. The molecule has 0 amide bonds. The van der Waals surface area contributed by atoms with E-state index in [9.17, 15) is 4.79 Å². The molecule has 3 aliphatic carbocycles. The van der Waals surface area contributed by atoms with Crippen LogP contribution in [0, 0.1) is 5.41 Å². The van der Waals surface area contributed by atoms with Crippen molar-refractivity contribution in [2.45, 2.75) is 42.8 Å². The van der Waals surface area contributed by atoms with Gasteiger partial charge < -0.3 is 0 Å². The van der Waals surface area contributed by atoms with E-state index in [1.165, 1.54) is 44.6 Å². The summed E-state index contributed by atoms with van der Waals surface area (Å²) in [4.78, 5) is 10.7. The summed E-state index contributed by atoms with van der Waals surface area (Å²) in [5.74, 6) is 0. The second-order valence-corrected chi connectivity index (χ2v) is 6.71. The van der Waals surface area contributed by atoms with Crippen molar-refractivity contribution in [2.24, 2.45) is 5.41 Å². The lowest BCUT2D eigenvalue weighted by Gasteiger charge is -2.49. The van der Waals surface area contributed by atoms with Crippen molar-refractivity contribution < 1.29 is 4.79 Å². The Morgan fingerprint density at radius 1 is 1.14 bits per heavy atom. The molecule has 0 heterocycles. The minimum atomic E-state index is -0.347. The molecule has 1 nitrogen and oxygen atoms in total. The molecule has 0 aromatic rings. The average Bonchev–Trinajstić information content (AvgIpc) is 2.17. The highest BCUT2D eigenvalue weighted by Gasteiger charge is 2.45. The van der Waals surface area contributed by atoms with Crippen LogP contribution >= 0.6 is 27.5 Å². The Kier molecular flexibility index (Phi) is 2.78. The third-order valence-corrected chi connectivity index (χ3v) is 5.10. The summed E-state index contributed by atoms with van der Waals surface area (Å²) < 4.78 is 0.410. The highest BCUT2D eigenvalue weighted by Crippen LogP contribution is 2.56. The van der Waals surface area contributed by atoms with Gasteiger partial charge in [0.05, 0.1) is 0 Å². The number of hydrogen-bond donors (Lipinski definition) is 0. The van der Waals surface area contributed by atoms with Gasteiger partial charge in [0.2, 0.25) is 5.24 Å². The first kappa shape index (κ1) is 10.7. The van der Waals surface area contributed by atoms with Crippen molar-refractivity contribution in [1.82, 2.24) is 0 Å². The molecule has 3 saturated carbocycles. The summed E-state index contributed by atoms with van der Waals surface area (Å²) in [5.41, 5.74) is 0.278. The maximum absolute atomic E-state index is 10.7. The smallest absolute Gasteiger partial charge is 0.244 e. The number of rotatable bonds is 2. The second kappa shape index (κ2) is 3.64. The van der Waals surface area contributed by atoms with E-state index < -0.39 is 0 Å². The fourth-order valence-electron chi connectivity index (χ4n) is 2.66. The van der Waals surface area contributed by atoms with E-state index in [0.29, 0.717) is 4.32 Å². The van der Waals surface area contributed by atoms with Gasteiger partial charge in [-0.15, -0.1) is 0 Å². The molecule has 0 spiro atoms. The van der Waals surface area contributed by atoms with Crippen LogP contribution in [0.1, 0.15) is 38.5 Å². The molecule has 0 aromatic heterocycles. The zero-order valence-corrected chi connectivity index (χ0v) is 10.4. The van der Waals surface area contributed by atoms with Crippen molar-refractivity contribution in [1.29, 1.82) is 0 Å². The first-order chi connectivity index (χ1) is 6.54. The molecule has 0 unspecified atom stereocenters. The standard InChI is InChI=1S/C11H14BrClO/c12-11-6-3-10(4-7-11,5-8-11)2-1-9(13)14/h1-2H,3-8H2. The van der Waals surface area contributed by atoms with Crippen LogP contribution in [0.15, 0.2) is 12.2 Å². The van der Waals surface area contributed by atoms with Gasteiger partial charge in [-0.25, -0.2) is 0 Å². The molecule has 3 fully saturated rings. The zero-order chi connectivity index (χ0) is 10.2. The van der Waals surface area contributed by atoms with Crippen LogP contribution in [0.25, 0.3) is 0 Å². The molecule has 0 aliphatic heterocycles. The SMILES string of the molecule is O=C(Cl)C=CC12CCC(Br)(CC1)CC2. The van der Waals surface area contributed by atoms with Crippen molar-refractivity contribution in [3.8, 4) is 0 Å². The molecule has 14 heavy (non-hydrogen) atoms. The molecule has 3 aliphatic rings. The maximum Gasteiger partial charge on any atom is 0.244 e. The second-order valence-electron chi connectivity index (χ2n) is 4.65. The number of hydrogen-bond acceptors (Lipinski definition) is 1. The predicted octanol–water partition coefficient (Wildman–Crippen LogP) is 3.80. The molecule has 0 N–H and O–H groups in total. The molecule has 2 bridgehead atoms. The highest BCUT2D eigenvalue weighted by atomic mass is 79.9. The normalized spacial score (nSPS) is 41.9. The van der Waals surface area contributed by atoms with Crippen molar-refractivity contribution >= 4 is 32.8 Å². The number of allylic oxidation sites excluding steroid dienone is 2. The fraction of sp³-hybridized carbons (Fsp3) is 0.727. The van der Waals surface area contributed by atoms with E-state index >= 15 is 0 Å². The van der Waals surface area contributed by atoms with Crippen LogP contribution < -0.4 is 0 Å². The number of halogens is 2. The highest BCUT2D eigenvalue weighted by molar-refractivity contribution is 9.10. The predicted molar refractivity (Wildman–Crippen MR) is 61.8 cm³/mol. The van der Waals surface area contributed by atoms with Gasteiger partial charge in [-0.3, -0.25) is 4.79 Å². The van der Waals surface area contributed by atoms with Gasteiger partial charge in [-0.2, -0.15) is 0 Å². The third kappa shape index (κ3) is 2.06. The first-order valence-electron chi connectivity index (χ1n) is 5.11. The molecule has 0 aromatic carbocycles. The van der Waals surface area contributed by atoms with E-state index in [-0.39, 0.29) is 10.7 Å². The zero-order valence-electron chi connectivity index (χ0n) is 8.06. The average molecular weight is 278 g/mol. The third-order valence-electron chi connectivity index (χ3n) is 3.78. The maximum atomic E-state index is 10.7. The first-order valence-corrected chi connectivity index (χ1v) is 6.29. The van der Waals surface area contributed by atoms with Crippen LogP contribution in [0.2, 0.25) is 0 Å². The van der Waals surface area contributed by atoms with Gasteiger partial charge in [0, 0.05) is 4.32 Å². The van der Waals surface area contributed by atoms with Gasteiger partial charge in [0.15, 0.2) is 0 Å². The fourth-order valence-corrected chi connectivity index (χ4v) is 3.32. The Morgan fingerprint density at radius 2 is 1.64 bits per heavy atom. The Balaban J connectivity index is 2.08. The Hall–Kier alpha value is 0.180. The van der Waals surface area contributed by atoms with Crippen molar-refractivity contribution in [3.63, 3.8) is 0 Å². The topological polar surface area (TPSA) is 17.1 Å². The molecule has 3 rings (SSSR count). The summed E-state index contributed by atoms with van der Waals surface area (Å²) in [5, 5.41) is -0.347. The molecule has 0 saturated heterocycles. The van der Waals surface area contributed by atoms with Gasteiger partial charge in [-0.1, -0.05) is 22.0 Å². The molecular weight excluding hydrogens is 263 g/mol. The van der Waals surface area contributed by atoms with Gasteiger partial charge in [0.25, 0.3) is 0 Å². The van der Waals surface area contributed by atoms with Crippen LogP contribution in [-0.2, 0) is 4.79 Å². The molecule has 0 radical (unpaired) electrons. The van der Waals surface area contributed by atoms with Crippen LogP contribution in [0.4, 0.5) is 0 Å². The Morgan fingerprint density at radius 3 is 2.07 bits per heavy atom. The van der Waals surface area contributed by atoms with Gasteiger partial charge in [0.1, 0.15) is 0 Å². The molecule has 0 atom stereocenters. The summed E-state index contributed by atoms with van der Waals surface area (Å²) in [6, 6.07) is 0. The Labute approximate surface area is 98.0 Å². The quantitative estimate of drug-likeness (QED) is 0.426. The minimum absolute atomic E-state index is 0.278. The number of carbonyl (C=O) groups is 1. The monoisotopic (exact) mass is 276 g/mol. The van der Waals surface area contributed by atoms with E-state index in [4.69, 9.17) is 11.6 Å². The van der Waals surface area contributed by atoms with Gasteiger partial charge in [-0.05, 0) is 61.6 Å². The summed E-state index contributed by atoms with van der Waals surface area (Å²) in [7, 11) is 0. The summed E-state index contributed by atoms with van der Waals surface area (Å²) >= 11 is 9.14. The van der Waals surface area contributed by atoms with E-state index in [1.807, 2.05) is 6.08 Å². The summed E-state index contributed by atoms with van der Waals surface area (Å²) in [6.45, 7) is 0. The van der Waals surface area contributed by atoms with E-state index in [1.54, 1.807) is 0 Å². The summed E-state index contributed by atoms with van der Waals surface area (Å²) in [6.07, 6.45) is 10.9. The largest absolute Gasteiger partial charge is 0.276 e. The van der Waals surface area contributed by atoms with Crippen molar-refractivity contribution in [2.75, 3.05) is 0 Å². The lowest BCUT2D eigenvalue weighted by molar-refractivity contribution is -0.107. The van der Waals surface area contributed by atoms with E-state index in [0.717, 1.165) is 0 Å². The molecular formula is C11H14BrClO. The van der Waals surface area contributed by atoms with Crippen LogP contribution in [-0.4, -0.2) is 9.57 Å². The van der Waals surface area contributed by atoms with Crippen LogP contribution in [0.5, 0.6) is 0 Å². The molecule has 78 valence electrons. The van der Waals surface area contributed by atoms with Gasteiger partial charge >= 0.3 is 0 Å². The van der Waals surface area contributed by atoms with E-state index in [2.05, 4.69) is 15.9 Å². The van der Waals surface area contributed by atoms with Crippen LogP contribution in [0.3, 0.4) is 0 Å². The molecule has 3 heteroatoms. The number of alkyl halides is 1.